The number of rotatable bonds is 10. The molecule has 1 aliphatic rings. The smallest absolute Gasteiger partial charge is 0.405 e. The van der Waals surface area contributed by atoms with Gasteiger partial charge in [0.05, 0.1) is 40.2 Å². The summed E-state index contributed by atoms with van der Waals surface area (Å²) in [6.45, 7) is 4.58. The number of nitrogens with one attached hydrogen (secondary N) is 1. The van der Waals surface area contributed by atoms with E-state index in [-0.39, 0.29) is 46.0 Å². The zero-order chi connectivity index (χ0) is 33.7. The lowest BCUT2D eigenvalue weighted by atomic mass is 10.0. The van der Waals surface area contributed by atoms with Crippen molar-refractivity contribution in [3.05, 3.63) is 76.0 Å². The molecular weight excluding hydrogens is 636 g/mol. The number of halogens is 5. The number of nitrogens with zero attached hydrogens (tertiary/aromatic N) is 6. The number of carbonyl (C=O) groups excluding carboxylic acids is 2. The number of benzene rings is 1. The lowest BCUT2D eigenvalue weighted by Crippen LogP contribution is -2.31. The van der Waals surface area contributed by atoms with Gasteiger partial charge < -0.3 is 35.1 Å². The average Bonchev–Trinajstić information content (AvgIpc) is 3.39. The van der Waals surface area contributed by atoms with Crippen LogP contribution in [0.1, 0.15) is 17.3 Å². The molecular formula is C29H27ClF4N8O4. The van der Waals surface area contributed by atoms with Gasteiger partial charge in [0.1, 0.15) is 24.6 Å². The van der Waals surface area contributed by atoms with Crippen LogP contribution in [-0.4, -0.2) is 72.8 Å². The molecule has 1 saturated heterocycles. The van der Waals surface area contributed by atoms with Crippen molar-refractivity contribution in [2.75, 3.05) is 29.9 Å². The fourth-order valence-corrected chi connectivity index (χ4v) is 5.27. The molecule has 3 aromatic heterocycles. The molecule has 1 aromatic carbocycles. The van der Waals surface area contributed by atoms with Crippen LogP contribution in [0.4, 0.5) is 29.1 Å². The Morgan fingerprint density at radius 2 is 1.96 bits per heavy atom. The minimum Gasteiger partial charge on any atom is -0.504 e. The molecule has 1 atom stereocenters. The second-order valence-corrected chi connectivity index (χ2v) is 11.0. The molecule has 0 radical (unpaired) electrons. The van der Waals surface area contributed by atoms with Crippen LogP contribution in [0.15, 0.2) is 54.0 Å². The van der Waals surface area contributed by atoms with Crippen LogP contribution in [0, 0.1) is 5.82 Å². The zero-order valence-corrected chi connectivity index (χ0v) is 25.2. The summed E-state index contributed by atoms with van der Waals surface area (Å²) in [5.74, 6) is -3.43. The fourth-order valence-electron chi connectivity index (χ4n) is 5.12. The number of fused-ring (bicyclic) bond motifs is 1. The van der Waals surface area contributed by atoms with Gasteiger partial charge in [-0.25, -0.2) is 14.4 Å². The highest BCUT2D eigenvalue weighted by Gasteiger charge is 2.46. The Balaban J connectivity index is 1.41. The number of carbonyl (C=O) groups is 2. The molecule has 5 rings (SSSR count). The van der Waals surface area contributed by atoms with Crippen LogP contribution < -0.4 is 21.5 Å². The van der Waals surface area contributed by atoms with Gasteiger partial charge in [-0.3, -0.25) is 14.4 Å². The minimum atomic E-state index is -4.37. The van der Waals surface area contributed by atoms with E-state index in [0.717, 1.165) is 17.0 Å². The van der Waals surface area contributed by atoms with Crippen molar-refractivity contribution in [1.82, 2.24) is 24.0 Å². The van der Waals surface area contributed by atoms with E-state index >= 15 is 0 Å². The predicted octanol–water partition coefficient (Wildman–Crippen LogP) is 3.62. The minimum absolute atomic E-state index is 0.0161. The van der Waals surface area contributed by atoms with E-state index in [1.54, 1.807) is 11.8 Å². The maximum Gasteiger partial charge on any atom is 0.405 e. The van der Waals surface area contributed by atoms with Crippen LogP contribution in [0.5, 0.6) is 5.75 Å². The van der Waals surface area contributed by atoms with Crippen molar-refractivity contribution in [2.45, 2.75) is 25.7 Å². The quantitative estimate of drug-likeness (QED) is 0.172. The first kappa shape index (κ1) is 32.3. The summed E-state index contributed by atoms with van der Waals surface area (Å²) in [6.07, 6.45) is -0.451. The first-order valence-electron chi connectivity index (χ1n) is 13.7. The van der Waals surface area contributed by atoms with E-state index in [1.807, 2.05) is 0 Å². The molecule has 0 aliphatic carbocycles. The van der Waals surface area contributed by atoms with Gasteiger partial charge in [0, 0.05) is 43.7 Å². The molecule has 17 heteroatoms. The van der Waals surface area contributed by atoms with Crippen LogP contribution in [-0.2, 0) is 18.4 Å². The van der Waals surface area contributed by atoms with E-state index in [1.165, 1.54) is 41.0 Å². The zero-order valence-electron chi connectivity index (χ0n) is 24.4. The second kappa shape index (κ2) is 12.0. The van der Waals surface area contributed by atoms with Crippen molar-refractivity contribution in [3.8, 4) is 16.9 Å². The predicted molar refractivity (Wildman–Crippen MR) is 162 cm³/mol. The third-order valence-corrected chi connectivity index (χ3v) is 7.82. The van der Waals surface area contributed by atoms with Gasteiger partial charge in [-0.05, 0) is 24.6 Å². The van der Waals surface area contributed by atoms with Crippen molar-refractivity contribution in [3.63, 3.8) is 0 Å². The number of phenols is 1. The summed E-state index contributed by atoms with van der Waals surface area (Å²) in [5.41, 5.74) is 5.03. The maximum absolute atomic E-state index is 14.6. The largest absolute Gasteiger partial charge is 0.504 e. The summed E-state index contributed by atoms with van der Waals surface area (Å²) in [6, 6.07) is 3.02. The van der Waals surface area contributed by atoms with Gasteiger partial charge in [0.2, 0.25) is 5.91 Å². The van der Waals surface area contributed by atoms with Crippen molar-refractivity contribution in [1.29, 1.82) is 0 Å². The molecule has 0 bridgehead atoms. The van der Waals surface area contributed by atoms with Gasteiger partial charge in [-0.1, -0.05) is 18.2 Å². The average molecular weight is 663 g/mol. The normalized spacial score (nSPS) is 14.5. The maximum atomic E-state index is 14.6. The van der Waals surface area contributed by atoms with Crippen LogP contribution in [0.3, 0.4) is 0 Å². The lowest BCUT2D eigenvalue weighted by Gasteiger charge is -2.23. The SMILES string of the molecule is C=C1[C@H](CN(CC)c2cc(NC(=O)Cn3cc(-c4cc(F)c(O)c(C(N)=O)c4)c4c(=O)n(C)cnc43)c(Cl)cn2)N1CC(F)(F)F. The molecule has 4 aromatic rings. The third kappa shape index (κ3) is 6.33. The van der Waals surface area contributed by atoms with E-state index in [2.05, 4.69) is 21.9 Å². The van der Waals surface area contributed by atoms with E-state index in [4.69, 9.17) is 17.3 Å². The Labute approximate surface area is 263 Å². The Kier molecular flexibility index (Phi) is 8.42. The molecule has 2 amide bonds. The highest BCUT2D eigenvalue weighted by Crippen LogP contribution is 2.37. The molecule has 0 unspecified atom stereocenters. The highest BCUT2D eigenvalue weighted by atomic mass is 35.5. The van der Waals surface area contributed by atoms with Gasteiger partial charge in [0.15, 0.2) is 11.6 Å². The second-order valence-electron chi connectivity index (χ2n) is 10.6. The fraction of sp³-hybridized carbons (Fsp3) is 0.276. The number of aromatic nitrogens is 4. The summed E-state index contributed by atoms with van der Waals surface area (Å²) in [7, 11) is 1.45. The number of pyridine rings is 1. The first-order chi connectivity index (χ1) is 21.6. The number of likely N-dealkylation sites (N-methyl/N-ethyl adjacent to an activating group) is 1. The Morgan fingerprint density at radius 1 is 1.24 bits per heavy atom. The van der Waals surface area contributed by atoms with E-state index < -0.39 is 53.3 Å². The number of alkyl halides is 3. The molecule has 4 N–H and O–H groups in total. The summed E-state index contributed by atoms with van der Waals surface area (Å²) in [5, 5.41) is 12.7. The number of nitrogens with two attached hydrogens (primary N) is 1. The number of hydrogen-bond donors (Lipinski definition) is 3. The number of amides is 2. The first-order valence-corrected chi connectivity index (χ1v) is 14.1. The molecule has 46 heavy (non-hydrogen) atoms. The topological polar surface area (TPSA) is 151 Å². The van der Waals surface area contributed by atoms with Gasteiger partial charge >= 0.3 is 6.18 Å². The Morgan fingerprint density at radius 3 is 2.61 bits per heavy atom. The van der Waals surface area contributed by atoms with Gasteiger partial charge in [-0.2, -0.15) is 13.2 Å². The van der Waals surface area contributed by atoms with Crippen molar-refractivity contribution >= 4 is 46.0 Å². The number of anilines is 2. The Hall–Kier alpha value is -5.12. The molecule has 0 saturated carbocycles. The molecule has 242 valence electrons. The van der Waals surface area contributed by atoms with E-state index in [9.17, 15) is 37.1 Å². The molecule has 12 nitrogen and oxygen atoms in total. The van der Waals surface area contributed by atoms with Gasteiger partial charge in [-0.15, -0.1) is 0 Å². The number of hydrogen-bond acceptors (Lipinski definition) is 8. The third-order valence-electron chi connectivity index (χ3n) is 7.52. The van der Waals surface area contributed by atoms with E-state index in [0.29, 0.717) is 18.1 Å². The number of primary amides is 1. The van der Waals surface area contributed by atoms with Crippen molar-refractivity contribution in [2.24, 2.45) is 12.8 Å². The molecule has 1 fully saturated rings. The monoisotopic (exact) mass is 662 g/mol. The standard InChI is InChI=1S/C29H27ClF4N8O4/c1-4-40(10-21-14(2)42(21)12-29(32,33)34)22-7-20(18(30)8-36-22)38-23(43)11-41-9-17(24-27(41)37-13-39(3)28(24)46)15-5-16(26(35)45)25(44)19(31)6-15/h5-9,13,21,44H,2,4,10-12H2,1,3H3,(H2,35,45)(H,36,38,43)/t21-,42?/m0/s1. The summed E-state index contributed by atoms with van der Waals surface area (Å²) in [4.78, 5) is 49.6. The molecule has 4 heterocycles. The molecule has 1 aliphatic heterocycles. The van der Waals surface area contributed by atoms with Crippen LogP contribution >= 0.6 is 11.6 Å². The number of aromatic hydroxyl groups is 1. The van der Waals surface area contributed by atoms with Crippen LogP contribution in [0.25, 0.3) is 22.2 Å². The Bertz CT molecular complexity index is 1960. The van der Waals surface area contributed by atoms with Gasteiger partial charge in [0.25, 0.3) is 11.5 Å². The summed E-state index contributed by atoms with van der Waals surface area (Å²) < 4.78 is 55.7. The lowest BCUT2D eigenvalue weighted by molar-refractivity contribution is -0.134. The molecule has 0 spiro atoms. The van der Waals surface area contributed by atoms with Crippen LogP contribution in [0.2, 0.25) is 5.02 Å². The van der Waals surface area contributed by atoms with Crippen molar-refractivity contribution < 1.29 is 32.3 Å². The summed E-state index contributed by atoms with van der Waals surface area (Å²) >= 11 is 6.31. The highest BCUT2D eigenvalue weighted by molar-refractivity contribution is 6.33. The number of aryl methyl sites for hydroxylation is 1.